The van der Waals surface area contributed by atoms with Gasteiger partial charge < -0.3 is 24.8 Å². The van der Waals surface area contributed by atoms with Gasteiger partial charge in [0, 0.05) is 17.4 Å². The van der Waals surface area contributed by atoms with Gasteiger partial charge >= 0.3 is 5.97 Å². The van der Waals surface area contributed by atoms with E-state index >= 15 is 0 Å². The van der Waals surface area contributed by atoms with E-state index in [1.807, 2.05) is 13.8 Å². The van der Waals surface area contributed by atoms with Crippen molar-refractivity contribution < 1.29 is 34.4 Å². The zero-order chi connectivity index (χ0) is 25.3. The van der Waals surface area contributed by atoms with Crippen LogP contribution in [0.2, 0.25) is 0 Å². The molecule has 0 amide bonds. The van der Waals surface area contributed by atoms with E-state index in [1.165, 1.54) is 6.08 Å². The van der Waals surface area contributed by atoms with Gasteiger partial charge in [0.25, 0.3) is 0 Å². The first-order valence-electron chi connectivity index (χ1n) is 13.2. The Labute approximate surface area is 206 Å². The number of fused-ring (bicyclic) bond motifs is 4. The molecule has 3 saturated carbocycles. The highest BCUT2D eigenvalue weighted by atomic mass is 16.6. The van der Waals surface area contributed by atoms with Gasteiger partial charge in [0.2, 0.25) is 0 Å². The summed E-state index contributed by atoms with van der Waals surface area (Å²) < 4.78 is 11.9. The number of carbonyl (C=O) groups excluding carboxylic acids is 2. The van der Waals surface area contributed by atoms with Crippen molar-refractivity contribution in [2.75, 3.05) is 0 Å². The molecule has 7 nitrogen and oxygen atoms in total. The molecule has 0 aromatic rings. The fourth-order valence-electron chi connectivity index (χ4n) is 9.50. The molecule has 6 aliphatic rings. The molecule has 3 N–H and O–H groups in total. The number of aliphatic hydroxyl groups is 3. The van der Waals surface area contributed by atoms with Crippen LogP contribution in [0.25, 0.3) is 0 Å². The third kappa shape index (κ3) is 2.56. The van der Waals surface area contributed by atoms with Gasteiger partial charge in [-0.05, 0) is 89.7 Å². The van der Waals surface area contributed by atoms with Gasteiger partial charge in [0.05, 0.1) is 17.1 Å². The summed E-state index contributed by atoms with van der Waals surface area (Å²) in [5.74, 6) is -0.966. The molecule has 11 atom stereocenters. The Bertz CT molecular complexity index is 1080. The highest BCUT2D eigenvalue weighted by molar-refractivity contribution is 5.98. The van der Waals surface area contributed by atoms with Crippen LogP contribution in [-0.4, -0.2) is 62.2 Å². The van der Waals surface area contributed by atoms with Crippen LogP contribution in [0, 0.1) is 28.6 Å². The van der Waals surface area contributed by atoms with Crippen molar-refractivity contribution in [3.8, 4) is 0 Å². The fraction of sp³-hybridized carbons (Fsp3) is 0.786. The Morgan fingerprint density at radius 3 is 2.51 bits per heavy atom. The number of ketones is 1. The minimum atomic E-state index is -1.30. The minimum Gasteiger partial charge on any atom is -0.456 e. The Morgan fingerprint density at radius 2 is 1.83 bits per heavy atom. The maximum absolute atomic E-state index is 13.3. The van der Waals surface area contributed by atoms with Crippen molar-refractivity contribution in [1.82, 2.24) is 0 Å². The molecule has 192 valence electrons. The Morgan fingerprint density at radius 1 is 1.11 bits per heavy atom. The van der Waals surface area contributed by atoms with E-state index in [2.05, 4.69) is 6.92 Å². The summed E-state index contributed by atoms with van der Waals surface area (Å²) in [6, 6.07) is 0. The smallest absolute Gasteiger partial charge is 0.334 e. The summed E-state index contributed by atoms with van der Waals surface area (Å²) in [5.41, 5.74) is -3.23. The maximum atomic E-state index is 13.3. The molecule has 1 saturated heterocycles. The van der Waals surface area contributed by atoms with Crippen LogP contribution in [0.5, 0.6) is 0 Å². The molecule has 0 bridgehead atoms. The lowest BCUT2D eigenvalue weighted by molar-refractivity contribution is -0.224. The van der Waals surface area contributed by atoms with E-state index in [0.717, 1.165) is 5.57 Å². The average Bonchev–Trinajstić information content (AvgIpc) is 3.46. The summed E-state index contributed by atoms with van der Waals surface area (Å²) >= 11 is 0. The highest BCUT2D eigenvalue weighted by Gasteiger charge is 2.82. The van der Waals surface area contributed by atoms with Crippen molar-refractivity contribution in [3.63, 3.8) is 0 Å². The number of aliphatic hydroxyl groups excluding tert-OH is 1. The number of ether oxygens (including phenoxy) is 2. The van der Waals surface area contributed by atoms with Gasteiger partial charge in [-0.15, -0.1) is 0 Å². The molecule has 0 aromatic carbocycles. The van der Waals surface area contributed by atoms with Crippen molar-refractivity contribution in [2.24, 2.45) is 28.6 Å². The van der Waals surface area contributed by atoms with E-state index in [-0.39, 0.29) is 35.6 Å². The van der Waals surface area contributed by atoms with Crippen LogP contribution in [-0.2, 0) is 19.1 Å². The number of allylic oxidation sites excluding steroid dienone is 1. The third-order valence-corrected chi connectivity index (χ3v) is 11.9. The Balaban J connectivity index is 1.35. The molecule has 35 heavy (non-hydrogen) atoms. The predicted octanol–water partition coefficient (Wildman–Crippen LogP) is 2.61. The monoisotopic (exact) mass is 486 g/mol. The van der Waals surface area contributed by atoms with Crippen LogP contribution in [0.1, 0.15) is 73.1 Å². The SMILES string of the molecule is CC1=C(C)C(=O)O[C@@H]([C@](C)(O)[C@H]2CC[C@@]3(O)[C@@H]4C[C@H]5O[C@]56[C@@H](O)C=CC(=O)[C@]6(C)[C@H]4CC[C@]23C)C1. The zero-order valence-electron chi connectivity index (χ0n) is 21.3. The van der Waals surface area contributed by atoms with Crippen molar-refractivity contribution in [3.05, 3.63) is 23.3 Å². The molecule has 0 unspecified atom stereocenters. The second kappa shape index (κ2) is 6.85. The van der Waals surface area contributed by atoms with Gasteiger partial charge in [0.15, 0.2) is 5.78 Å². The number of carbonyl (C=O) groups is 2. The van der Waals surface area contributed by atoms with Crippen LogP contribution >= 0.6 is 0 Å². The second-order valence-corrected chi connectivity index (χ2v) is 12.9. The quantitative estimate of drug-likeness (QED) is 0.406. The molecular formula is C28H38O7. The second-order valence-electron chi connectivity index (χ2n) is 12.9. The van der Waals surface area contributed by atoms with Gasteiger partial charge in [0.1, 0.15) is 23.4 Å². The molecule has 6 rings (SSSR count). The normalized spacial score (nSPS) is 54.3. The number of rotatable bonds is 2. The summed E-state index contributed by atoms with van der Waals surface area (Å²) in [6.45, 7) is 9.42. The number of epoxide rings is 1. The maximum Gasteiger partial charge on any atom is 0.334 e. The zero-order valence-corrected chi connectivity index (χ0v) is 21.3. The number of cyclic esters (lactones) is 1. The van der Waals surface area contributed by atoms with Gasteiger partial charge in [-0.1, -0.05) is 12.5 Å². The number of hydrogen-bond donors (Lipinski definition) is 3. The molecular weight excluding hydrogens is 448 g/mol. The van der Waals surface area contributed by atoms with E-state index in [0.29, 0.717) is 44.1 Å². The first kappa shape index (κ1) is 23.8. The Hall–Kier alpha value is -1.54. The fourth-order valence-corrected chi connectivity index (χ4v) is 9.50. The van der Waals surface area contributed by atoms with Crippen LogP contribution in [0.3, 0.4) is 0 Å². The molecule has 4 fully saturated rings. The summed E-state index contributed by atoms with van der Waals surface area (Å²) in [7, 11) is 0. The van der Waals surface area contributed by atoms with Crippen LogP contribution in [0.15, 0.2) is 23.3 Å². The topological polar surface area (TPSA) is 117 Å². The molecule has 2 heterocycles. The van der Waals surface area contributed by atoms with Crippen molar-refractivity contribution in [2.45, 2.75) is 108 Å². The lowest BCUT2D eigenvalue weighted by Gasteiger charge is -2.62. The van der Waals surface area contributed by atoms with E-state index in [4.69, 9.17) is 9.47 Å². The Kier molecular flexibility index (Phi) is 4.67. The lowest BCUT2D eigenvalue weighted by atomic mass is 9.43. The van der Waals surface area contributed by atoms with Gasteiger partial charge in [-0.25, -0.2) is 4.79 Å². The minimum absolute atomic E-state index is 0.0273. The number of esters is 1. The predicted molar refractivity (Wildman–Crippen MR) is 126 cm³/mol. The standard InChI is InChI=1S/C28H38O7/c1-14-12-21(34-23(31)15(14)2)26(5,32)18-9-11-27(33)17-13-22-28(35-22)20(30)7-6-19(29)25(28,4)16(17)8-10-24(18,27)3/h6-7,16-18,20-22,30,32-33H,8-13H2,1-5H3/t16-,17+,18-,20-,21+,22+,24+,25-,26+,27+,28+/m0/s1. The molecule has 1 spiro atoms. The molecule has 4 aliphatic carbocycles. The molecule has 2 aliphatic heterocycles. The molecule has 0 radical (unpaired) electrons. The molecule has 7 heteroatoms. The van der Waals surface area contributed by atoms with Crippen molar-refractivity contribution in [1.29, 1.82) is 0 Å². The van der Waals surface area contributed by atoms with E-state index in [9.17, 15) is 24.9 Å². The molecule has 0 aromatic heterocycles. The first-order valence-corrected chi connectivity index (χ1v) is 13.2. The summed E-state index contributed by atoms with van der Waals surface area (Å²) in [4.78, 5) is 25.8. The largest absolute Gasteiger partial charge is 0.456 e. The van der Waals surface area contributed by atoms with Crippen LogP contribution < -0.4 is 0 Å². The van der Waals surface area contributed by atoms with Crippen molar-refractivity contribution >= 4 is 11.8 Å². The summed E-state index contributed by atoms with van der Waals surface area (Å²) in [6.07, 6.45) is 4.86. The average molecular weight is 487 g/mol. The van der Waals surface area contributed by atoms with E-state index in [1.54, 1.807) is 19.9 Å². The number of hydrogen-bond acceptors (Lipinski definition) is 7. The lowest BCUT2D eigenvalue weighted by Crippen LogP contribution is -2.69. The third-order valence-electron chi connectivity index (χ3n) is 11.9. The highest BCUT2D eigenvalue weighted by Crippen LogP contribution is 2.74. The van der Waals surface area contributed by atoms with Gasteiger partial charge in [-0.3, -0.25) is 4.79 Å². The summed E-state index contributed by atoms with van der Waals surface area (Å²) in [5, 5.41) is 35.2. The first-order chi connectivity index (χ1) is 16.2. The van der Waals surface area contributed by atoms with E-state index < -0.39 is 39.8 Å². The van der Waals surface area contributed by atoms with Gasteiger partial charge in [-0.2, -0.15) is 0 Å². The van der Waals surface area contributed by atoms with Crippen LogP contribution in [0.4, 0.5) is 0 Å².